The van der Waals surface area contributed by atoms with E-state index in [1.54, 1.807) is 7.11 Å². The molecule has 2 fully saturated rings. The number of ether oxygens (including phenoxy) is 1. The Kier molecular flexibility index (Phi) is 3.18. The Labute approximate surface area is 93.7 Å². The van der Waals surface area contributed by atoms with E-state index in [4.69, 9.17) is 4.74 Å². The van der Waals surface area contributed by atoms with Crippen molar-refractivity contribution in [1.82, 2.24) is 4.90 Å². The van der Waals surface area contributed by atoms with Crippen LogP contribution in [0.3, 0.4) is 0 Å². The fraction of sp³-hybridized carbons (Fsp3) is 1.00. The second kappa shape index (κ2) is 4.18. The predicted octanol–water partition coefficient (Wildman–Crippen LogP) is 2.44. The molecule has 1 saturated heterocycles. The quantitative estimate of drug-likeness (QED) is 0.747. The summed E-state index contributed by atoms with van der Waals surface area (Å²) in [5.74, 6) is 0. The van der Waals surface area contributed by atoms with Gasteiger partial charge in [-0.3, -0.25) is 0 Å². The van der Waals surface area contributed by atoms with E-state index >= 15 is 0 Å². The summed E-state index contributed by atoms with van der Waals surface area (Å²) in [6, 6.07) is 0. The van der Waals surface area contributed by atoms with Crippen molar-refractivity contribution in [3.8, 4) is 0 Å². The van der Waals surface area contributed by atoms with Crippen molar-refractivity contribution >= 4 is 0 Å². The van der Waals surface area contributed by atoms with Crippen LogP contribution in [0.4, 0.5) is 13.2 Å². The maximum atomic E-state index is 12.7. The Morgan fingerprint density at radius 3 is 2.19 bits per heavy atom. The maximum Gasteiger partial charge on any atom is 0.395 e. The highest BCUT2D eigenvalue weighted by Gasteiger charge is 2.63. The van der Waals surface area contributed by atoms with Gasteiger partial charge in [0.1, 0.15) is 0 Å². The third-order valence-corrected chi connectivity index (χ3v) is 3.85. The minimum Gasteiger partial charge on any atom is -0.381 e. The van der Waals surface area contributed by atoms with E-state index in [1.165, 1.54) is 0 Å². The number of hydrogen-bond acceptors (Lipinski definition) is 2. The van der Waals surface area contributed by atoms with Gasteiger partial charge >= 0.3 is 6.18 Å². The van der Waals surface area contributed by atoms with Crippen molar-refractivity contribution in [2.75, 3.05) is 26.7 Å². The first kappa shape index (κ1) is 12.2. The van der Waals surface area contributed by atoms with Crippen LogP contribution in [-0.2, 0) is 4.74 Å². The lowest BCUT2D eigenvalue weighted by molar-refractivity contribution is -0.193. The molecule has 2 aliphatic rings. The topological polar surface area (TPSA) is 12.5 Å². The molecule has 1 saturated carbocycles. The Balaban J connectivity index is 1.83. The predicted molar refractivity (Wildman–Crippen MR) is 54.2 cm³/mol. The van der Waals surface area contributed by atoms with E-state index < -0.39 is 11.6 Å². The summed E-state index contributed by atoms with van der Waals surface area (Å²) in [6.45, 7) is 1.65. The monoisotopic (exact) mass is 237 g/mol. The van der Waals surface area contributed by atoms with Gasteiger partial charge in [-0.05, 0) is 25.7 Å². The summed E-state index contributed by atoms with van der Waals surface area (Å²) in [5.41, 5.74) is -1.38. The number of likely N-dealkylation sites (tertiary alicyclic amines) is 1. The van der Waals surface area contributed by atoms with Gasteiger partial charge in [0.15, 0.2) is 0 Å². The summed E-state index contributed by atoms with van der Waals surface area (Å²) >= 11 is 0. The molecule has 0 unspecified atom stereocenters. The Hall–Kier alpha value is -0.290. The molecule has 1 aliphatic carbocycles. The summed E-state index contributed by atoms with van der Waals surface area (Å²) in [5, 5.41) is 0. The zero-order chi connectivity index (χ0) is 11.8. The molecule has 0 N–H and O–H groups in total. The minimum absolute atomic E-state index is 0.187. The number of piperidine rings is 1. The maximum absolute atomic E-state index is 12.7. The van der Waals surface area contributed by atoms with E-state index in [9.17, 15) is 13.2 Å². The highest BCUT2D eigenvalue weighted by Crippen LogP contribution is 2.58. The number of halogens is 3. The number of alkyl halides is 3. The van der Waals surface area contributed by atoms with Crippen LogP contribution in [0.5, 0.6) is 0 Å². The van der Waals surface area contributed by atoms with Crippen molar-refractivity contribution in [2.24, 2.45) is 5.41 Å². The number of hydrogen-bond donors (Lipinski definition) is 0. The first-order chi connectivity index (χ1) is 7.47. The number of methoxy groups -OCH3 is 1. The molecule has 0 atom stereocenters. The normalized spacial score (nSPS) is 27.0. The molecule has 0 amide bonds. The van der Waals surface area contributed by atoms with Crippen molar-refractivity contribution < 1.29 is 17.9 Å². The van der Waals surface area contributed by atoms with Crippen LogP contribution in [0.15, 0.2) is 0 Å². The van der Waals surface area contributed by atoms with Gasteiger partial charge in [-0.15, -0.1) is 0 Å². The lowest BCUT2D eigenvalue weighted by atomic mass is 10.0. The summed E-state index contributed by atoms with van der Waals surface area (Å²) in [7, 11) is 1.67. The molecule has 94 valence electrons. The molecule has 16 heavy (non-hydrogen) atoms. The van der Waals surface area contributed by atoms with Gasteiger partial charge in [-0.1, -0.05) is 0 Å². The van der Waals surface area contributed by atoms with Gasteiger partial charge in [0.05, 0.1) is 11.5 Å². The van der Waals surface area contributed by atoms with E-state index in [2.05, 4.69) is 0 Å². The molecule has 0 aromatic heterocycles. The van der Waals surface area contributed by atoms with Crippen LogP contribution in [0, 0.1) is 5.41 Å². The van der Waals surface area contributed by atoms with Crippen LogP contribution in [-0.4, -0.2) is 43.9 Å². The van der Waals surface area contributed by atoms with Gasteiger partial charge in [-0.25, -0.2) is 0 Å². The molecule has 0 aromatic rings. The standard InChI is InChI=1S/C11H18F3NO/c1-16-9-2-6-15(7-3-9)8-10(4-5-10)11(12,13)14/h9H,2-8H2,1H3. The van der Waals surface area contributed by atoms with Gasteiger partial charge in [0.2, 0.25) is 0 Å². The lowest BCUT2D eigenvalue weighted by Crippen LogP contribution is -2.43. The second-order valence-corrected chi connectivity index (χ2v) is 4.99. The molecule has 0 radical (unpaired) electrons. The molecular weight excluding hydrogens is 219 g/mol. The largest absolute Gasteiger partial charge is 0.395 e. The Bertz CT molecular complexity index is 242. The average molecular weight is 237 g/mol. The zero-order valence-corrected chi connectivity index (χ0v) is 9.52. The number of rotatable bonds is 3. The third-order valence-electron chi connectivity index (χ3n) is 3.85. The highest BCUT2D eigenvalue weighted by molar-refractivity contribution is 5.01. The van der Waals surface area contributed by atoms with Crippen LogP contribution in [0.25, 0.3) is 0 Å². The fourth-order valence-corrected chi connectivity index (χ4v) is 2.41. The molecule has 0 spiro atoms. The molecule has 2 rings (SSSR count). The summed E-state index contributed by atoms with van der Waals surface area (Å²) in [6.07, 6.45) is -1.47. The summed E-state index contributed by atoms with van der Waals surface area (Å²) < 4.78 is 43.4. The van der Waals surface area contributed by atoms with Gasteiger partial charge in [0.25, 0.3) is 0 Å². The van der Waals surface area contributed by atoms with Gasteiger partial charge < -0.3 is 9.64 Å². The molecule has 2 nitrogen and oxygen atoms in total. The average Bonchev–Trinajstić information content (AvgIpc) is 2.99. The smallest absolute Gasteiger partial charge is 0.381 e. The van der Waals surface area contributed by atoms with Crippen LogP contribution in [0.2, 0.25) is 0 Å². The highest BCUT2D eigenvalue weighted by atomic mass is 19.4. The van der Waals surface area contributed by atoms with Crippen molar-refractivity contribution in [3.63, 3.8) is 0 Å². The van der Waals surface area contributed by atoms with Crippen molar-refractivity contribution in [3.05, 3.63) is 0 Å². The molecule has 0 bridgehead atoms. The molecule has 1 heterocycles. The van der Waals surface area contributed by atoms with E-state index in [1.807, 2.05) is 4.90 Å². The van der Waals surface area contributed by atoms with E-state index in [0.29, 0.717) is 12.8 Å². The minimum atomic E-state index is -4.02. The van der Waals surface area contributed by atoms with E-state index in [-0.39, 0.29) is 12.6 Å². The van der Waals surface area contributed by atoms with Gasteiger partial charge in [0, 0.05) is 26.7 Å². The first-order valence-electron chi connectivity index (χ1n) is 5.79. The fourth-order valence-electron chi connectivity index (χ4n) is 2.41. The van der Waals surface area contributed by atoms with Crippen LogP contribution in [0.1, 0.15) is 25.7 Å². The third kappa shape index (κ3) is 2.35. The van der Waals surface area contributed by atoms with Crippen LogP contribution >= 0.6 is 0 Å². The van der Waals surface area contributed by atoms with E-state index in [0.717, 1.165) is 25.9 Å². The lowest BCUT2D eigenvalue weighted by Gasteiger charge is -2.34. The molecular formula is C11H18F3NO. The molecule has 5 heteroatoms. The van der Waals surface area contributed by atoms with Crippen molar-refractivity contribution in [2.45, 2.75) is 38.0 Å². The Morgan fingerprint density at radius 2 is 1.81 bits per heavy atom. The summed E-state index contributed by atoms with van der Waals surface area (Å²) in [4.78, 5) is 1.94. The number of nitrogens with zero attached hydrogens (tertiary/aromatic N) is 1. The van der Waals surface area contributed by atoms with Gasteiger partial charge in [-0.2, -0.15) is 13.2 Å². The molecule has 1 aliphatic heterocycles. The van der Waals surface area contributed by atoms with Crippen LogP contribution < -0.4 is 0 Å². The zero-order valence-electron chi connectivity index (χ0n) is 9.52. The molecule has 0 aromatic carbocycles. The SMILES string of the molecule is COC1CCN(CC2(C(F)(F)F)CC2)CC1. The van der Waals surface area contributed by atoms with Crippen molar-refractivity contribution in [1.29, 1.82) is 0 Å². The first-order valence-corrected chi connectivity index (χ1v) is 5.79. The second-order valence-electron chi connectivity index (χ2n) is 4.99. The Morgan fingerprint density at radius 1 is 1.25 bits per heavy atom.